The summed E-state index contributed by atoms with van der Waals surface area (Å²) in [5.41, 5.74) is 2.08. The highest BCUT2D eigenvalue weighted by atomic mass is 35.5. The van der Waals surface area contributed by atoms with Crippen LogP contribution in [0.5, 0.6) is 0 Å². The summed E-state index contributed by atoms with van der Waals surface area (Å²) in [6, 6.07) is 21.6. The van der Waals surface area contributed by atoms with Crippen LogP contribution in [0.25, 0.3) is 0 Å². The van der Waals surface area contributed by atoms with Crippen molar-refractivity contribution in [1.82, 2.24) is 10.2 Å². The van der Waals surface area contributed by atoms with Crippen LogP contribution in [-0.2, 0) is 26.2 Å². The molecule has 218 valence electrons. The van der Waals surface area contributed by atoms with E-state index in [9.17, 15) is 18.0 Å². The van der Waals surface area contributed by atoms with Crippen molar-refractivity contribution in [2.45, 2.75) is 75.9 Å². The lowest BCUT2D eigenvalue weighted by Gasteiger charge is -2.34. The average Bonchev–Trinajstić information content (AvgIpc) is 2.97. The normalized spacial score (nSPS) is 14.7. The number of amides is 2. The Morgan fingerprint density at radius 2 is 1.56 bits per heavy atom. The second-order valence-electron chi connectivity index (χ2n) is 10.6. The number of hydrogen-bond donors (Lipinski definition) is 1. The Morgan fingerprint density at radius 3 is 2.17 bits per heavy atom. The quantitative estimate of drug-likeness (QED) is 0.290. The molecule has 0 spiro atoms. The molecular weight excluding hydrogens is 558 g/mol. The van der Waals surface area contributed by atoms with E-state index < -0.39 is 28.5 Å². The minimum absolute atomic E-state index is 0.0718. The molecule has 0 heterocycles. The van der Waals surface area contributed by atoms with Gasteiger partial charge in [-0.3, -0.25) is 13.9 Å². The van der Waals surface area contributed by atoms with E-state index in [1.807, 2.05) is 44.2 Å². The summed E-state index contributed by atoms with van der Waals surface area (Å²) in [6.45, 7) is 3.45. The van der Waals surface area contributed by atoms with Crippen molar-refractivity contribution in [3.8, 4) is 0 Å². The monoisotopic (exact) mass is 595 g/mol. The molecule has 7 nitrogen and oxygen atoms in total. The van der Waals surface area contributed by atoms with Crippen LogP contribution in [0.1, 0.15) is 56.6 Å². The van der Waals surface area contributed by atoms with Gasteiger partial charge in [-0.05, 0) is 68.1 Å². The molecule has 1 saturated carbocycles. The van der Waals surface area contributed by atoms with Gasteiger partial charge in [-0.15, -0.1) is 0 Å². The molecular formula is C32H38ClN3O4S. The molecule has 1 N–H and O–H groups in total. The lowest BCUT2D eigenvalue weighted by molar-refractivity contribution is -0.140. The van der Waals surface area contributed by atoms with Crippen molar-refractivity contribution in [1.29, 1.82) is 0 Å². The lowest BCUT2D eigenvalue weighted by Crippen LogP contribution is -2.54. The van der Waals surface area contributed by atoms with Crippen molar-refractivity contribution in [2.75, 3.05) is 10.8 Å². The number of halogens is 1. The van der Waals surface area contributed by atoms with Crippen LogP contribution in [0.15, 0.2) is 83.8 Å². The molecule has 1 aliphatic rings. The van der Waals surface area contributed by atoms with E-state index in [0.717, 1.165) is 47.5 Å². The van der Waals surface area contributed by atoms with Gasteiger partial charge in [0.05, 0.1) is 10.6 Å². The predicted molar refractivity (Wildman–Crippen MR) is 163 cm³/mol. The van der Waals surface area contributed by atoms with Gasteiger partial charge in [0.1, 0.15) is 12.6 Å². The van der Waals surface area contributed by atoms with Gasteiger partial charge in [0.25, 0.3) is 10.0 Å². The number of carbonyl (C=O) groups is 2. The van der Waals surface area contributed by atoms with Crippen LogP contribution < -0.4 is 9.62 Å². The molecule has 9 heteroatoms. The summed E-state index contributed by atoms with van der Waals surface area (Å²) in [7, 11) is -4.12. The number of nitrogens with one attached hydrogen (secondary N) is 1. The predicted octanol–water partition coefficient (Wildman–Crippen LogP) is 6.10. The maximum absolute atomic E-state index is 14.1. The van der Waals surface area contributed by atoms with Gasteiger partial charge in [0.2, 0.25) is 11.8 Å². The first kappa shape index (κ1) is 30.6. The largest absolute Gasteiger partial charge is 0.352 e. The zero-order chi connectivity index (χ0) is 29.4. The molecule has 3 aromatic rings. The third-order valence-electron chi connectivity index (χ3n) is 7.54. The fourth-order valence-corrected chi connectivity index (χ4v) is 6.76. The molecule has 1 fully saturated rings. The fraction of sp³-hybridized carbons (Fsp3) is 0.375. The Balaban J connectivity index is 1.68. The first-order valence-electron chi connectivity index (χ1n) is 14.2. The Bertz CT molecular complexity index is 1410. The number of carbonyl (C=O) groups excluding carboxylic acids is 2. The van der Waals surface area contributed by atoms with E-state index in [4.69, 9.17) is 11.6 Å². The molecule has 0 bridgehead atoms. The second kappa shape index (κ2) is 14.0. The fourth-order valence-electron chi connectivity index (χ4n) is 5.22. The highest BCUT2D eigenvalue weighted by molar-refractivity contribution is 7.92. The first-order valence-corrected chi connectivity index (χ1v) is 16.0. The van der Waals surface area contributed by atoms with E-state index in [1.54, 1.807) is 36.4 Å². The third kappa shape index (κ3) is 7.89. The van der Waals surface area contributed by atoms with Gasteiger partial charge in [-0.1, -0.05) is 85.8 Å². The number of rotatable bonds is 11. The van der Waals surface area contributed by atoms with Gasteiger partial charge in [-0.25, -0.2) is 8.42 Å². The van der Waals surface area contributed by atoms with E-state index in [0.29, 0.717) is 17.1 Å². The molecule has 0 saturated heterocycles. The zero-order valence-corrected chi connectivity index (χ0v) is 25.2. The minimum Gasteiger partial charge on any atom is -0.352 e. The van der Waals surface area contributed by atoms with Crippen LogP contribution >= 0.6 is 11.6 Å². The Kier molecular flexibility index (Phi) is 10.5. The average molecular weight is 596 g/mol. The highest BCUT2D eigenvalue weighted by Gasteiger charge is 2.34. The van der Waals surface area contributed by atoms with Crippen molar-refractivity contribution in [3.63, 3.8) is 0 Å². The highest BCUT2D eigenvalue weighted by Crippen LogP contribution is 2.27. The zero-order valence-electron chi connectivity index (χ0n) is 23.6. The molecule has 0 unspecified atom stereocenters. The smallest absolute Gasteiger partial charge is 0.264 e. The maximum Gasteiger partial charge on any atom is 0.264 e. The number of sulfonamides is 1. The summed E-state index contributed by atoms with van der Waals surface area (Å²) in [4.78, 5) is 29.3. The van der Waals surface area contributed by atoms with Gasteiger partial charge in [0, 0.05) is 17.6 Å². The van der Waals surface area contributed by atoms with Gasteiger partial charge in [0.15, 0.2) is 0 Å². The van der Waals surface area contributed by atoms with Gasteiger partial charge < -0.3 is 10.2 Å². The van der Waals surface area contributed by atoms with Gasteiger partial charge in [-0.2, -0.15) is 0 Å². The molecule has 1 aliphatic carbocycles. The van der Waals surface area contributed by atoms with E-state index >= 15 is 0 Å². The maximum atomic E-state index is 14.1. The third-order valence-corrected chi connectivity index (χ3v) is 9.58. The van der Waals surface area contributed by atoms with Crippen LogP contribution in [0.2, 0.25) is 5.02 Å². The summed E-state index contributed by atoms with van der Waals surface area (Å²) in [5, 5.41) is 3.61. The summed E-state index contributed by atoms with van der Waals surface area (Å²) < 4.78 is 28.9. The van der Waals surface area contributed by atoms with E-state index in [2.05, 4.69) is 5.32 Å². The Labute approximate surface area is 248 Å². The SMILES string of the molecule is CC[C@H](C(=O)NC1CCCCC1)N(Cc1ccccc1)C(=O)CN(c1ccc(Cl)cc1)S(=O)(=O)c1ccc(C)cc1. The topological polar surface area (TPSA) is 86.8 Å². The van der Waals surface area contributed by atoms with Crippen molar-refractivity contribution in [3.05, 3.63) is 95.0 Å². The molecule has 0 aliphatic heterocycles. The number of nitrogens with zero attached hydrogens (tertiary/aromatic N) is 2. The molecule has 4 rings (SSSR count). The van der Waals surface area contributed by atoms with Gasteiger partial charge >= 0.3 is 0 Å². The number of anilines is 1. The minimum atomic E-state index is -4.12. The van der Waals surface area contributed by atoms with Crippen LogP contribution in [0, 0.1) is 6.92 Å². The van der Waals surface area contributed by atoms with E-state index in [1.165, 1.54) is 17.0 Å². The van der Waals surface area contributed by atoms with Crippen LogP contribution in [0.3, 0.4) is 0 Å². The summed E-state index contributed by atoms with van der Waals surface area (Å²) in [5.74, 6) is -0.673. The molecule has 41 heavy (non-hydrogen) atoms. The molecule has 2 amide bonds. The van der Waals surface area contributed by atoms with E-state index in [-0.39, 0.29) is 23.4 Å². The Hall–Kier alpha value is -3.36. The molecule has 1 atom stereocenters. The lowest BCUT2D eigenvalue weighted by atomic mass is 9.95. The number of benzene rings is 3. The van der Waals surface area contributed by atoms with Crippen molar-refractivity contribution < 1.29 is 18.0 Å². The van der Waals surface area contributed by atoms with Crippen LogP contribution in [0.4, 0.5) is 5.69 Å². The van der Waals surface area contributed by atoms with Crippen molar-refractivity contribution in [2.24, 2.45) is 0 Å². The second-order valence-corrected chi connectivity index (χ2v) is 12.9. The summed E-state index contributed by atoms with van der Waals surface area (Å²) >= 11 is 6.10. The van der Waals surface area contributed by atoms with Crippen LogP contribution in [-0.4, -0.2) is 43.8 Å². The summed E-state index contributed by atoms with van der Waals surface area (Å²) in [6.07, 6.45) is 5.55. The molecule has 0 aromatic heterocycles. The first-order chi connectivity index (χ1) is 19.7. The van der Waals surface area contributed by atoms with Crippen molar-refractivity contribution >= 4 is 39.1 Å². The number of aryl methyl sites for hydroxylation is 1. The standard InChI is InChI=1S/C32H38ClN3O4S/c1-3-30(32(38)34-27-12-8-5-9-13-27)35(22-25-10-6-4-7-11-25)31(37)23-36(28-18-16-26(33)17-19-28)41(39,40)29-20-14-24(2)15-21-29/h4,6-7,10-11,14-21,27,30H,3,5,8-9,12-13,22-23H2,1-2H3,(H,34,38)/t30-/m1/s1. The molecule has 3 aromatic carbocycles. The molecule has 0 radical (unpaired) electrons. The Morgan fingerprint density at radius 1 is 0.927 bits per heavy atom. The number of hydrogen-bond acceptors (Lipinski definition) is 4.